The Hall–Kier alpha value is -2.86. The molecule has 0 amide bonds. The molecule has 0 fully saturated rings. The highest BCUT2D eigenvalue weighted by molar-refractivity contribution is 6.17. The van der Waals surface area contributed by atoms with Crippen LogP contribution in [0.25, 0.3) is 22.4 Å². The van der Waals surface area contributed by atoms with Crippen LogP contribution in [0, 0.1) is 5.82 Å². The van der Waals surface area contributed by atoms with Crippen molar-refractivity contribution in [3.05, 3.63) is 72.3 Å². The summed E-state index contributed by atoms with van der Waals surface area (Å²) >= 11 is 5.66. The summed E-state index contributed by atoms with van der Waals surface area (Å²) in [4.78, 5) is 4.86. The number of imidazole rings is 1. The van der Waals surface area contributed by atoms with E-state index in [2.05, 4.69) is 9.67 Å². The van der Waals surface area contributed by atoms with Crippen LogP contribution in [-0.4, -0.2) is 91.3 Å². The molecule has 0 aliphatic carbocycles. The molecule has 0 bridgehead atoms. The summed E-state index contributed by atoms with van der Waals surface area (Å²) in [5.74, 6) is 1.31. The Labute approximate surface area is 264 Å². The quantitative estimate of drug-likeness (QED) is 0.0697. The van der Waals surface area contributed by atoms with E-state index in [0.29, 0.717) is 72.6 Å². The van der Waals surface area contributed by atoms with Crippen molar-refractivity contribution in [1.29, 1.82) is 0 Å². The number of hydrogen-bond acceptors (Lipinski definition) is 7. The van der Waals surface area contributed by atoms with Gasteiger partial charge in [-0.25, -0.2) is 9.37 Å². The zero-order valence-corrected chi connectivity index (χ0v) is 26.1. The lowest BCUT2D eigenvalue weighted by atomic mass is 10.2. The number of halogens is 2. The summed E-state index contributed by atoms with van der Waals surface area (Å²) in [6.07, 6.45) is 8.27. The van der Waals surface area contributed by atoms with Crippen LogP contribution in [-0.2, 0) is 36.8 Å². The lowest BCUT2D eigenvalue weighted by Gasteiger charge is -2.09. The lowest BCUT2D eigenvalue weighted by molar-refractivity contribution is -0.0117. The molecule has 240 valence electrons. The molecular formula is C33H44ClFN4O5. The largest absolute Gasteiger partial charge is 0.379 e. The average Bonchev–Trinajstić information content (AvgIpc) is 3.66. The van der Waals surface area contributed by atoms with E-state index < -0.39 is 0 Å². The maximum atomic E-state index is 13.4. The molecule has 0 saturated heterocycles. The second-order valence-corrected chi connectivity index (χ2v) is 10.7. The number of ether oxygens (including phenoxy) is 5. The first-order chi connectivity index (χ1) is 21.7. The standard InChI is InChI=1S/C33H44ClFN4O5/c34-13-5-1-2-6-15-40-17-19-42-21-23-44-24-22-43-20-18-41-16-14-38-27-29(25-36-38)33-37-31-7-3-4-8-32(31)39(33)26-28-9-11-30(35)12-10-28/h3-4,7-12,25,27H,1-2,5-6,13-24,26H2. The highest BCUT2D eigenvalue weighted by atomic mass is 35.5. The topological polar surface area (TPSA) is 81.8 Å². The Balaban J connectivity index is 1.04. The van der Waals surface area contributed by atoms with Crippen LogP contribution in [0.1, 0.15) is 31.2 Å². The Morgan fingerprint density at radius 1 is 0.682 bits per heavy atom. The number of fused-ring (bicyclic) bond motifs is 1. The van der Waals surface area contributed by atoms with E-state index in [1.54, 1.807) is 12.1 Å². The summed E-state index contributed by atoms with van der Waals surface area (Å²) in [6.45, 7) is 6.79. The van der Waals surface area contributed by atoms with Gasteiger partial charge < -0.3 is 28.3 Å². The van der Waals surface area contributed by atoms with Crippen LogP contribution in [0.15, 0.2) is 60.9 Å². The van der Waals surface area contributed by atoms with E-state index in [9.17, 15) is 4.39 Å². The minimum Gasteiger partial charge on any atom is -0.379 e. The number of alkyl halides is 1. The number of unbranched alkanes of at least 4 members (excludes halogenated alkanes) is 3. The summed E-state index contributed by atoms with van der Waals surface area (Å²) < 4.78 is 45.3. The van der Waals surface area contributed by atoms with Crippen molar-refractivity contribution in [2.45, 2.75) is 38.8 Å². The Bertz CT molecular complexity index is 1330. The van der Waals surface area contributed by atoms with Crippen LogP contribution in [0.4, 0.5) is 4.39 Å². The van der Waals surface area contributed by atoms with Crippen LogP contribution in [0.3, 0.4) is 0 Å². The molecule has 0 saturated carbocycles. The zero-order chi connectivity index (χ0) is 30.7. The number of benzene rings is 2. The molecule has 9 nitrogen and oxygen atoms in total. The monoisotopic (exact) mass is 630 g/mol. The van der Waals surface area contributed by atoms with Crippen molar-refractivity contribution < 1.29 is 28.1 Å². The van der Waals surface area contributed by atoms with Crippen molar-refractivity contribution >= 4 is 22.6 Å². The molecule has 0 aliphatic rings. The molecule has 0 unspecified atom stereocenters. The molecule has 4 rings (SSSR count). The van der Waals surface area contributed by atoms with E-state index in [1.165, 1.54) is 18.6 Å². The number of hydrogen-bond donors (Lipinski definition) is 0. The summed E-state index contributed by atoms with van der Waals surface area (Å²) in [7, 11) is 0. The van der Waals surface area contributed by atoms with Crippen molar-refractivity contribution in [3.63, 3.8) is 0 Å². The molecule has 2 heterocycles. The van der Waals surface area contributed by atoms with Gasteiger partial charge in [-0.1, -0.05) is 37.1 Å². The van der Waals surface area contributed by atoms with Gasteiger partial charge in [0.15, 0.2) is 0 Å². The third kappa shape index (κ3) is 11.9. The van der Waals surface area contributed by atoms with Gasteiger partial charge in [-0.15, -0.1) is 11.6 Å². The fourth-order valence-corrected chi connectivity index (χ4v) is 4.81. The maximum absolute atomic E-state index is 13.4. The number of nitrogens with zero attached hydrogens (tertiary/aromatic N) is 4. The zero-order valence-electron chi connectivity index (χ0n) is 25.4. The molecule has 0 radical (unpaired) electrons. The van der Waals surface area contributed by atoms with Gasteiger partial charge in [0, 0.05) is 25.2 Å². The van der Waals surface area contributed by atoms with E-state index in [1.807, 2.05) is 41.3 Å². The average molecular weight is 631 g/mol. The molecule has 44 heavy (non-hydrogen) atoms. The third-order valence-electron chi connectivity index (χ3n) is 6.93. The normalized spacial score (nSPS) is 11.6. The number of aromatic nitrogens is 4. The first-order valence-electron chi connectivity index (χ1n) is 15.4. The fraction of sp³-hybridized carbons (Fsp3) is 0.515. The Morgan fingerprint density at radius 2 is 1.30 bits per heavy atom. The molecule has 0 N–H and O–H groups in total. The minimum absolute atomic E-state index is 0.247. The Kier molecular flexibility index (Phi) is 15.6. The van der Waals surface area contributed by atoms with E-state index >= 15 is 0 Å². The van der Waals surface area contributed by atoms with Gasteiger partial charge in [-0.2, -0.15) is 5.10 Å². The fourth-order valence-electron chi connectivity index (χ4n) is 4.62. The summed E-state index contributed by atoms with van der Waals surface area (Å²) in [5, 5.41) is 4.51. The van der Waals surface area contributed by atoms with E-state index in [0.717, 1.165) is 59.7 Å². The van der Waals surface area contributed by atoms with Crippen molar-refractivity contribution in [2.75, 3.05) is 71.9 Å². The molecule has 0 aliphatic heterocycles. The van der Waals surface area contributed by atoms with Crippen LogP contribution in [0.2, 0.25) is 0 Å². The predicted molar refractivity (Wildman–Crippen MR) is 170 cm³/mol. The van der Waals surface area contributed by atoms with Gasteiger partial charge in [0.05, 0.1) is 88.8 Å². The van der Waals surface area contributed by atoms with Crippen molar-refractivity contribution in [2.24, 2.45) is 0 Å². The molecule has 11 heteroatoms. The minimum atomic E-state index is -0.247. The van der Waals surface area contributed by atoms with E-state index in [-0.39, 0.29) is 5.82 Å². The lowest BCUT2D eigenvalue weighted by Crippen LogP contribution is -2.14. The second-order valence-electron chi connectivity index (χ2n) is 10.3. The van der Waals surface area contributed by atoms with Gasteiger partial charge in [-0.05, 0) is 42.7 Å². The third-order valence-corrected chi connectivity index (χ3v) is 7.19. The molecule has 0 spiro atoms. The molecular weight excluding hydrogens is 587 g/mol. The Morgan fingerprint density at radius 3 is 1.98 bits per heavy atom. The van der Waals surface area contributed by atoms with Crippen molar-refractivity contribution in [1.82, 2.24) is 19.3 Å². The SMILES string of the molecule is Fc1ccc(Cn2c(-c3cnn(CCOCCOCCOCCOCCOCCCCCCCl)c3)nc3ccccc32)cc1. The van der Waals surface area contributed by atoms with Crippen LogP contribution < -0.4 is 0 Å². The van der Waals surface area contributed by atoms with Gasteiger partial charge in [-0.3, -0.25) is 4.68 Å². The molecule has 2 aromatic heterocycles. The molecule has 4 aromatic rings. The highest BCUT2D eigenvalue weighted by Gasteiger charge is 2.14. The summed E-state index contributed by atoms with van der Waals surface area (Å²) in [5.41, 5.74) is 3.83. The van der Waals surface area contributed by atoms with Gasteiger partial charge in [0.2, 0.25) is 0 Å². The maximum Gasteiger partial charge on any atom is 0.144 e. The predicted octanol–water partition coefficient (Wildman–Crippen LogP) is 5.97. The van der Waals surface area contributed by atoms with E-state index in [4.69, 9.17) is 40.3 Å². The summed E-state index contributed by atoms with van der Waals surface area (Å²) in [6, 6.07) is 14.6. The highest BCUT2D eigenvalue weighted by Crippen LogP contribution is 2.25. The van der Waals surface area contributed by atoms with Gasteiger partial charge in [0.1, 0.15) is 11.6 Å². The number of rotatable bonds is 24. The first-order valence-corrected chi connectivity index (χ1v) is 16.0. The number of para-hydroxylation sites is 2. The van der Waals surface area contributed by atoms with Gasteiger partial charge >= 0.3 is 0 Å². The molecule has 0 atom stereocenters. The van der Waals surface area contributed by atoms with Gasteiger partial charge in [0.25, 0.3) is 0 Å². The molecule has 2 aromatic carbocycles. The smallest absolute Gasteiger partial charge is 0.144 e. The van der Waals surface area contributed by atoms with Crippen molar-refractivity contribution in [3.8, 4) is 11.4 Å². The first kappa shape index (κ1) is 34.0. The van der Waals surface area contributed by atoms with Crippen LogP contribution >= 0.6 is 11.6 Å². The second kappa shape index (κ2) is 20.2. The van der Waals surface area contributed by atoms with Crippen LogP contribution in [0.5, 0.6) is 0 Å².